The molecule has 0 aromatic carbocycles. The molecule has 0 amide bonds. The van der Waals surface area contributed by atoms with E-state index in [1.54, 1.807) is 0 Å². The van der Waals surface area contributed by atoms with Crippen LogP contribution in [0, 0.1) is 0 Å². The summed E-state index contributed by atoms with van der Waals surface area (Å²) in [6.45, 7) is 6.00. The van der Waals surface area contributed by atoms with Gasteiger partial charge in [0.1, 0.15) is 0 Å². The summed E-state index contributed by atoms with van der Waals surface area (Å²) in [6.07, 6.45) is 0. The highest BCUT2D eigenvalue weighted by Gasteiger charge is 1.97. The third-order valence-electron chi connectivity index (χ3n) is 0.0942. The van der Waals surface area contributed by atoms with E-state index < -0.39 is 10.4 Å². The van der Waals surface area contributed by atoms with Gasteiger partial charge in [-0.15, -0.1) is 13.2 Å². The Morgan fingerprint density at radius 1 is 1.20 bits per heavy atom. The van der Waals surface area contributed by atoms with Crippen molar-refractivity contribution in [3.05, 3.63) is 13.2 Å². The normalized spacial score (nSPS) is 7.40. The fraction of sp³-hybridized carbons (Fsp3) is 0. The van der Waals surface area contributed by atoms with E-state index in [1.807, 2.05) is 0 Å². The monoisotopic (exact) mass is 176 g/mol. The standard InChI is InChI=1S/C2H4.2H3N.H2O5S/c1-2;;;1-5-6(2,3)4/h1-2H2;2*1H3;1H,(H,2,3,4). The Hall–Kier alpha value is -0.510. The van der Waals surface area contributed by atoms with Gasteiger partial charge >= 0.3 is 10.4 Å². The largest absolute Gasteiger partial charge is 0.423 e. The van der Waals surface area contributed by atoms with E-state index in [2.05, 4.69) is 17.5 Å². The first-order valence-electron chi connectivity index (χ1n) is 1.37. The predicted octanol–water partition coefficient (Wildman–Crippen LogP) is 0.405. The SMILES string of the molecule is C=C.N.N.O=S(=O)(O)OO. The van der Waals surface area contributed by atoms with Crippen molar-refractivity contribution >= 4 is 10.4 Å². The fourth-order valence-electron chi connectivity index (χ4n) is 0. The molecule has 0 heterocycles. The molecule has 0 bridgehead atoms. The van der Waals surface area contributed by atoms with Gasteiger partial charge in [0.15, 0.2) is 0 Å². The maximum atomic E-state index is 9.08. The lowest BCUT2D eigenvalue weighted by atomic mass is 11.3. The number of hydrogen-bond donors (Lipinski definition) is 4. The maximum absolute atomic E-state index is 9.08. The quantitative estimate of drug-likeness (QED) is 0.195. The van der Waals surface area contributed by atoms with Crippen LogP contribution in [-0.4, -0.2) is 18.2 Å². The zero-order chi connectivity index (χ0) is 7.21. The molecule has 0 saturated heterocycles. The van der Waals surface area contributed by atoms with Gasteiger partial charge in [0, 0.05) is 0 Å². The van der Waals surface area contributed by atoms with Gasteiger partial charge in [-0.25, -0.2) is 5.26 Å². The van der Waals surface area contributed by atoms with Crippen molar-refractivity contribution in [1.29, 1.82) is 0 Å². The van der Waals surface area contributed by atoms with E-state index in [0.717, 1.165) is 0 Å². The van der Waals surface area contributed by atoms with Gasteiger partial charge in [-0.2, -0.15) is 8.42 Å². The fourth-order valence-corrected chi connectivity index (χ4v) is 0. The van der Waals surface area contributed by atoms with Crippen LogP contribution in [0.15, 0.2) is 13.2 Å². The summed E-state index contributed by atoms with van der Waals surface area (Å²) in [4.78, 5) is 0. The molecule has 0 aliphatic heterocycles. The zero-order valence-corrected chi connectivity index (χ0v) is 6.17. The minimum Gasteiger partial charge on any atom is -0.344 e. The zero-order valence-electron chi connectivity index (χ0n) is 5.36. The summed E-state index contributed by atoms with van der Waals surface area (Å²) in [6, 6.07) is 0. The molecule has 66 valence electrons. The van der Waals surface area contributed by atoms with Crippen LogP contribution in [0.1, 0.15) is 0 Å². The van der Waals surface area contributed by atoms with Crippen molar-refractivity contribution < 1.29 is 22.6 Å². The summed E-state index contributed by atoms with van der Waals surface area (Å²) in [5, 5.41) is 7.06. The number of hydrogen-bond acceptors (Lipinski definition) is 6. The summed E-state index contributed by atoms with van der Waals surface area (Å²) < 4.78 is 28.0. The Morgan fingerprint density at radius 3 is 1.30 bits per heavy atom. The highest BCUT2D eigenvalue weighted by Crippen LogP contribution is 1.74. The molecule has 0 saturated carbocycles. The molecule has 7 nitrogen and oxygen atoms in total. The minimum atomic E-state index is -4.61. The topological polar surface area (TPSA) is 154 Å². The molecule has 8 heteroatoms. The lowest BCUT2D eigenvalue weighted by Crippen LogP contribution is -1.97. The number of rotatable bonds is 1. The molecule has 10 heavy (non-hydrogen) atoms. The van der Waals surface area contributed by atoms with Crippen molar-refractivity contribution in [3.8, 4) is 0 Å². The summed E-state index contributed by atoms with van der Waals surface area (Å²) in [5.41, 5.74) is 0. The van der Waals surface area contributed by atoms with Gasteiger partial charge in [0.05, 0.1) is 0 Å². The third-order valence-corrected chi connectivity index (χ3v) is 0.283. The molecule has 0 aliphatic rings. The average Bonchev–Trinajstić information content (AvgIpc) is 1.71. The van der Waals surface area contributed by atoms with Crippen LogP contribution in [0.2, 0.25) is 0 Å². The van der Waals surface area contributed by atoms with Crippen LogP contribution in [-0.2, 0) is 14.7 Å². The molecule has 0 atom stereocenters. The predicted molar refractivity (Wildman–Crippen MR) is 36.6 cm³/mol. The van der Waals surface area contributed by atoms with Crippen LogP contribution in [0.5, 0.6) is 0 Å². The van der Waals surface area contributed by atoms with Gasteiger partial charge in [-0.1, -0.05) is 4.33 Å². The van der Waals surface area contributed by atoms with Crippen LogP contribution >= 0.6 is 0 Å². The average molecular weight is 176 g/mol. The van der Waals surface area contributed by atoms with Crippen molar-refractivity contribution in [1.82, 2.24) is 12.3 Å². The van der Waals surface area contributed by atoms with Crippen LogP contribution in [0.4, 0.5) is 0 Å². The molecule has 0 fully saturated rings. The minimum absolute atomic E-state index is 0. The van der Waals surface area contributed by atoms with Crippen LogP contribution in [0.3, 0.4) is 0 Å². The molecule has 0 spiro atoms. The highest BCUT2D eigenvalue weighted by atomic mass is 32.3. The Balaban J connectivity index is -0.0000000412. The first kappa shape index (κ1) is 22.7. The maximum Gasteiger partial charge on any atom is 0.423 e. The third kappa shape index (κ3) is 50.9. The molecule has 0 aliphatic carbocycles. The second kappa shape index (κ2) is 11.3. The van der Waals surface area contributed by atoms with E-state index in [-0.39, 0.29) is 12.3 Å². The van der Waals surface area contributed by atoms with Gasteiger partial charge in [-0.05, 0) is 0 Å². The lowest BCUT2D eigenvalue weighted by molar-refractivity contribution is -0.139. The van der Waals surface area contributed by atoms with E-state index >= 15 is 0 Å². The Kier molecular flexibility index (Phi) is 25.7. The second-order valence-electron chi connectivity index (χ2n) is 0.502. The van der Waals surface area contributed by atoms with Gasteiger partial charge in [-0.3, -0.25) is 4.55 Å². The van der Waals surface area contributed by atoms with Crippen molar-refractivity contribution in [3.63, 3.8) is 0 Å². The Morgan fingerprint density at radius 2 is 1.30 bits per heavy atom. The Labute approximate surface area is 59.4 Å². The van der Waals surface area contributed by atoms with Crippen molar-refractivity contribution in [2.75, 3.05) is 0 Å². The molecular formula is C2H12N2O5S. The summed E-state index contributed by atoms with van der Waals surface area (Å²) in [7, 11) is -4.61. The Bertz CT molecular complexity index is 131. The van der Waals surface area contributed by atoms with E-state index in [0.29, 0.717) is 0 Å². The van der Waals surface area contributed by atoms with E-state index in [1.165, 1.54) is 0 Å². The van der Waals surface area contributed by atoms with Crippen molar-refractivity contribution in [2.45, 2.75) is 0 Å². The van der Waals surface area contributed by atoms with Crippen LogP contribution in [0.25, 0.3) is 0 Å². The first-order valence-corrected chi connectivity index (χ1v) is 2.73. The van der Waals surface area contributed by atoms with E-state index in [4.69, 9.17) is 18.2 Å². The van der Waals surface area contributed by atoms with Gasteiger partial charge < -0.3 is 12.3 Å². The molecular weight excluding hydrogens is 164 g/mol. The summed E-state index contributed by atoms with van der Waals surface area (Å²) >= 11 is 0. The highest BCUT2D eigenvalue weighted by molar-refractivity contribution is 7.80. The van der Waals surface area contributed by atoms with Crippen LogP contribution < -0.4 is 12.3 Å². The van der Waals surface area contributed by atoms with Gasteiger partial charge in [0.25, 0.3) is 0 Å². The molecule has 0 aromatic heterocycles. The van der Waals surface area contributed by atoms with Gasteiger partial charge in [0.2, 0.25) is 0 Å². The summed E-state index contributed by atoms with van der Waals surface area (Å²) in [5.74, 6) is 0. The molecule has 0 aromatic rings. The lowest BCUT2D eigenvalue weighted by Gasteiger charge is -1.79. The van der Waals surface area contributed by atoms with E-state index in [9.17, 15) is 0 Å². The second-order valence-corrected chi connectivity index (χ2v) is 1.51. The molecule has 0 unspecified atom stereocenters. The first-order chi connectivity index (χ1) is 3.56. The molecule has 0 radical (unpaired) electrons. The molecule has 8 N–H and O–H groups in total. The molecule has 0 rings (SSSR count). The van der Waals surface area contributed by atoms with Crippen molar-refractivity contribution in [2.24, 2.45) is 0 Å². The smallest absolute Gasteiger partial charge is 0.344 e.